The van der Waals surface area contributed by atoms with Gasteiger partial charge in [0.15, 0.2) is 5.96 Å². The molecule has 2 heterocycles. The van der Waals surface area contributed by atoms with E-state index in [1.165, 1.54) is 11.1 Å². The fourth-order valence-corrected chi connectivity index (χ4v) is 4.09. The third-order valence-electron chi connectivity index (χ3n) is 5.65. The number of amides is 1. The van der Waals surface area contributed by atoms with Gasteiger partial charge >= 0.3 is 0 Å². The number of nitrogens with zero attached hydrogens (tertiary/aromatic N) is 3. The highest BCUT2D eigenvalue weighted by molar-refractivity contribution is 14.0. The first-order valence-electron chi connectivity index (χ1n) is 10.2. The molecule has 2 aliphatic heterocycles. The van der Waals surface area contributed by atoms with E-state index in [0.29, 0.717) is 11.9 Å². The van der Waals surface area contributed by atoms with Crippen LogP contribution >= 0.6 is 24.0 Å². The molecule has 1 atom stereocenters. The average molecular weight is 496 g/mol. The number of guanidine groups is 1. The zero-order chi connectivity index (χ0) is 19.1. The lowest BCUT2D eigenvalue weighted by Crippen LogP contribution is -2.45. The van der Waals surface area contributed by atoms with Gasteiger partial charge in [-0.2, -0.15) is 0 Å². The molecule has 1 N–H and O–H groups in total. The number of likely N-dealkylation sites (tertiary alicyclic amines) is 1. The molecule has 3 rings (SSSR count). The summed E-state index contributed by atoms with van der Waals surface area (Å²) in [5, 5.41) is 3.51. The van der Waals surface area contributed by atoms with E-state index < -0.39 is 0 Å². The van der Waals surface area contributed by atoms with Gasteiger partial charge in [-0.3, -0.25) is 9.79 Å². The number of nitrogens with one attached hydrogen (secondary N) is 1. The first kappa shape index (κ1) is 22.7. The molecular formula is C22H33IN4O. The maximum atomic E-state index is 12.0. The van der Waals surface area contributed by atoms with E-state index in [9.17, 15) is 4.79 Å². The molecule has 6 heteroatoms. The van der Waals surface area contributed by atoms with Crippen molar-refractivity contribution in [3.8, 4) is 0 Å². The normalized spacial score (nSPS) is 18.6. The van der Waals surface area contributed by atoms with Crippen LogP contribution in [0.4, 0.5) is 0 Å². The van der Waals surface area contributed by atoms with E-state index in [-0.39, 0.29) is 24.0 Å². The minimum Gasteiger partial charge on any atom is -0.356 e. The maximum Gasteiger partial charge on any atom is 0.222 e. The molecule has 1 aromatic carbocycles. The molecule has 0 spiro atoms. The zero-order valence-corrected chi connectivity index (χ0v) is 19.4. The standard InChI is InChI=1S/C22H32N4O.HI/c1-3-20(26-15-7-10-21(26)27)11-14-24-22(23-2)25-16-12-19(13-17-25)18-8-5-4-6-9-18;/h4-6,8-9,12,20H,3,7,10-11,13-17H2,1-2H3,(H,23,24);1H. The summed E-state index contributed by atoms with van der Waals surface area (Å²) < 4.78 is 0. The van der Waals surface area contributed by atoms with E-state index in [2.05, 4.69) is 63.4 Å². The van der Waals surface area contributed by atoms with Crippen molar-refractivity contribution in [1.29, 1.82) is 0 Å². The summed E-state index contributed by atoms with van der Waals surface area (Å²) in [6.45, 7) is 5.80. The second kappa shape index (κ2) is 11.4. The van der Waals surface area contributed by atoms with Crippen LogP contribution in [0.3, 0.4) is 0 Å². The Hall–Kier alpha value is -1.57. The Kier molecular flexibility index (Phi) is 9.28. The predicted octanol–water partition coefficient (Wildman–Crippen LogP) is 3.76. The summed E-state index contributed by atoms with van der Waals surface area (Å²) in [5.41, 5.74) is 2.74. The summed E-state index contributed by atoms with van der Waals surface area (Å²) >= 11 is 0. The van der Waals surface area contributed by atoms with Crippen LogP contribution in [0.25, 0.3) is 5.57 Å². The molecule has 1 saturated heterocycles. The molecule has 0 radical (unpaired) electrons. The molecule has 154 valence electrons. The van der Waals surface area contributed by atoms with Gasteiger partial charge in [-0.05, 0) is 36.8 Å². The quantitative estimate of drug-likeness (QED) is 0.371. The summed E-state index contributed by atoms with van der Waals surface area (Å²) in [4.78, 5) is 20.8. The van der Waals surface area contributed by atoms with Gasteiger partial charge in [-0.1, -0.05) is 43.3 Å². The summed E-state index contributed by atoms with van der Waals surface area (Å²) in [6.07, 6.45) is 7.05. The largest absolute Gasteiger partial charge is 0.356 e. The molecule has 1 unspecified atom stereocenters. The molecule has 5 nitrogen and oxygen atoms in total. The van der Waals surface area contributed by atoms with Crippen LogP contribution < -0.4 is 5.32 Å². The van der Waals surface area contributed by atoms with Gasteiger partial charge in [0.1, 0.15) is 0 Å². The van der Waals surface area contributed by atoms with Gasteiger partial charge in [-0.15, -0.1) is 24.0 Å². The summed E-state index contributed by atoms with van der Waals surface area (Å²) in [5.74, 6) is 1.28. The molecule has 0 bridgehead atoms. The Bertz CT molecular complexity index is 689. The monoisotopic (exact) mass is 496 g/mol. The van der Waals surface area contributed by atoms with E-state index in [1.807, 2.05) is 7.05 Å². The number of carbonyl (C=O) groups excluding carboxylic acids is 1. The van der Waals surface area contributed by atoms with Crippen molar-refractivity contribution < 1.29 is 4.79 Å². The van der Waals surface area contributed by atoms with Gasteiger partial charge in [0, 0.05) is 45.7 Å². The minimum absolute atomic E-state index is 0. The number of carbonyl (C=O) groups is 1. The smallest absolute Gasteiger partial charge is 0.222 e. The van der Waals surface area contributed by atoms with Gasteiger partial charge in [0.05, 0.1) is 0 Å². The molecule has 0 aromatic heterocycles. The molecule has 1 amide bonds. The number of rotatable bonds is 6. The van der Waals surface area contributed by atoms with Gasteiger partial charge in [0.2, 0.25) is 5.91 Å². The van der Waals surface area contributed by atoms with E-state index in [4.69, 9.17) is 0 Å². The highest BCUT2D eigenvalue weighted by Crippen LogP contribution is 2.22. The fourth-order valence-electron chi connectivity index (χ4n) is 4.09. The third-order valence-corrected chi connectivity index (χ3v) is 5.65. The van der Waals surface area contributed by atoms with Crippen molar-refractivity contribution in [1.82, 2.24) is 15.1 Å². The Balaban J connectivity index is 0.00000280. The van der Waals surface area contributed by atoms with Gasteiger partial charge < -0.3 is 15.1 Å². The molecular weight excluding hydrogens is 463 g/mol. The lowest BCUT2D eigenvalue weighted by molar-refractivity contribution is -0.129. The zero-order valence-electron chi connectivity index (χ0n) is 17.1. The number of hydrogen-bond acceptors (Lipinski definition) is 2. The Morgan fingerprint density at radius 3 is 2.57 bits per heavy atom. The molecule has 2 aliphatic rings. The predicted molar refractivity (Wildman–Crippen MR) is 127 cm³/mol. The van der Waals surface area contributed by atoms with E-state index in [1.54, 1.807) is 0 Å². The van der Waals surface area contributed by atoms with Crippen LogP contribution in [0.1, 0.15) is 44.6 Å². The Morgan fingerprint density at radius 1 is 1.21 bits per heavy atom. The van der Waals surface area contributed by atoms with Crippen LogP contribution in [0, 0.1) is 0 Å². The third kappa shape index (κ3) is 5.72. The fraction of sp³-hybridized carbons (Fsp3) is 0.545. The average Bonchev–Trinajstić information content (AvgIpc) is 3.15. The van der Waals surface area contributed by atoms with Gasteiger partial charge in [0.25, 0.3) is 0 Å². The minimum atomic E-state index is 0. The Morgan fingerprint density at radius 2 is 2.00 bits per heavy atom. The first-order valence-corrected chi connectivity index (χ1v) is 10.2. The van der Waals surface area contributed by atoms with Crippen molar-refractivity contribution in [2.75, 3.05) is 33.2 Å². The highest BCUT2D eigenvalue weighted by atomic mass is 127. The second-order valence-electron chi connectivity index (χ2n) is 7.31. The number of benzene rings is 1. The van der Waals surface area contributed by atoms with Crippen molar-refractivity contribution in [2.45, 2.75) is 45.1 Å². The number of halogens is 1. The SMILES string of the molecule is CCC(CCNC(=NC)N1CC=C(c2ccccc2)CC1)N1CCCC1=O.I. The van der Waals surface area contributed by atoms with Crippen LogP contribution in [0.5, 0.6) is 0 Å². The molecule has 28 heavy (non-hydrogen) atoms. The maximum absolute atomic E-state index is 12.0. The van der Waals surface area contributed by atoms with Crippen molar-refractivity contribution in [3.63, 3.8) is 0 Å². The number of hydrogen-bond donors (Lipinski definition) is 1. The molecule has 1 aromatic rings. The van der Waals surface area contributed by atoms with Crippen LogP contribution in [0.2, 0.25) is 0 Å². The second-order valence-corrected chi connectivity index (χ2v) is 7.31. The summed E-state index contributed by atoms with van der Waals surface area (Å²) in [6, 6.07) is 11.0. The van der Waals surface area contributed by atoms with Crippen LogP contribution in [-0.4, -0.2) is 60.9 Å². The van der Waals surface area contributed by atoms with E-state index in [0.717, 1.165) is 64.2 Å². The van der Waals surface area contributed by atoms with Crippen molar-refractivity contribution in [3.05, 3.63) is 42.0 Å². The van der Waals surface area contributed by atoms with Crippen LogP contribution in [-0.2, 0) is 4.79 Å². The molecule has 0 saturated carbocycles. The summed E-state index contributed by atoms with van der Waals surface area (Å²) in [7, 11) is 1.85. The van der Waals surface area contributed by atoms with Crippen LogP contribution in [0.15, 0.2) is 41.4 Å². The Labute approximate surface area is 186 Å². The first-order chi connectivity index (χ1) is 13.2. The van der Waals surface area contributed by atoms with Gasteiger partial charge in [-0.25, -0.2) is 0 Å². The lowest BCUT2D eigenvalue weighted by Gasteiger charge is -2.31. The van der Waals surface area contributed by atoms with E-state index >= 15 is 0 Å². The van der Waals surface area contributed by atoms with Crippen molar-refractivity contribution >= 4 is 41.4 Å². The lowest BCUT2D eigenvalue weighted by atomic mass is 10.00. The van der Waals surface area contributed by atoms with Crippen molar-refractivity contribution in [2.24, 2.45) is 4.99 Å². The number of aliphatic imine (C=N–C) groups is 1. The molecule has 1 fully saturated rings. The molecule has 0 aliphatic carbocycles. The topological polar surface area (TPSA) is 47.9 Å². The highest BCUT2D eigenvalue weighted by Gasteiger charge is 2.26.